The van der Waals surface area contributed by atoms with Gasteiger partial charge in [0.1, 0.15) is 6.10 Å². The lowest BCUT2D eigenvalue weighted by atomic mass is 9.81. The molecule has 54 valence electrons. The minimum atomic E-state index is -0.195. The maximum Gasteiger partial charge on any atom is 0.312 e. The molecular formula is C8H10O2. The first kappa shape index (κ1) is 5.96. The first-order valence-electron chi connectivity index (χ1n) is 3.58. The Bertz CT molecular complexity index is 207. The van der Waals surface area contributed by atoms with Crippen molar-refractivity contribution in [2.75, 3.05) is 0 Å². The van der Waals surface area contributed by atoms with Crippen molar-refractivity contribution in [2.45, 2.75) is 25.9 Å². The molecule has 2 bridgehead atoms. The Morgan fingerprint density at radius 2 is 2.60 bits per heavy atom. The van der Waals surface area contributed by atoms with E-state index in [1.54, 1.807) is 0 Å². The van der Waals surface area contributed by atoms with Crippen molar-refractivity contribution < 1.29 is 9.53 Å². The minimum Gasteiger partial charge on any atom is -0.458 e. The van der Waals surface area contributed by atoms with Crippen LogP contribution in [0.2, 0.25) is 0 Å². The molecule has 1 aliphatic heterocycles. The van der Waals surface area contributed by atoms with Gasteiger partial charge in [-0.05, 0) is 19.4 Å². The number of hydrogen-bond donors (Lipinski definition) is 0. The zero-order valence-corrected chi connectivity index (χ0v) is 5.96. The molecular weight excluding hydrogens is 128 g/mol. The molecule has 1 saturated heterocycles. The van der Waals surface area contributed by atoms with Gasteiger partial charge in [-0.1, -0.05) is 6.08 Å². The highest BCUT2D eigenvalue weighted by Gasteiger charge is 2.45. The highest BCUT2D eigenvalue weighted by Crippen LogP contribution is 2.40. The number of rotatable bonds is 0. The number of carbonyl (C=O) groups excluding carboxylic acids is 1. The molecule has 2 atom stereocenters. The van der Waals surface area contributed by atoms with Gasteiger partial charge in [-0.3, -0.25) is 4.79 Å². The van der Waals surface area contributed by atoms with E-state index in [4.69, 9.17) is 4.74 Å². The average Bonchev–Trinajstić information content (AvgIpc) is 2.04. The Labute approximate surface area is 59.9 Å². The molecule has 0 aromatic carbocycles. The van der Waals surface area contributed by atoms with Gasteiger partial charge in [0.25, 0.3) is 0 Å². The predicted molar refractivity (Wildman–Crippen MR) is 36.4 cm³/mol. The first-order chi connectivity index (χ1) is 4.71. The lowest BCUT2D eigenvalue weighted by Crippen LogP contribution is -2.22. The molecule has 0 aromatic rings. The molecule has 0 spiro atoms. The van der Waals surface area contributed by atoms with Crippen LogP contribution in [0, 0.1) is 5.41 Å². The topological polar surface area (TPSA) is 26.3 Å². The van der Waals surface area contributed by atoms with E-state index in [0.29, 0.717) is 0 Å². The lowest BCUT2D eigenvalue weighted by Gasteiger charge is -2.17. The Morgan fingerprint density at radius 3 is 3.20 bits per heavy atom. The molecule has 2 rings (SSSR count). The van der Waals surface area contributed by atoms with Crippen molar-refractivity contribution in [1.82, 2.24) is 0 Å². The van der Waals surface area contributed by atoms with Crippen LogP contribution in [0.4, 0.5) is 0 Å². The van der Waals surface area contributed by atoms with Crippen molar-refractivity contribution in [2.24, 2.45) is 5.41 Å². The summed E-state index contributed by atoms with van der Waals surface area (Å²) in [4.78, 5) is 11.1. The maximum absolute atomic E-state index is 11.1. The van der Waals surface area contributed by atoms with Gasteiger partial charge < -0.3 is 4.74 Å². The number of carbonyl (C=O) groups is 1. The molecule has 1 aliphatic carbocycles. The summed E-state index contributed by atoms with van der Waals surface area (Å²) in [5.74, 6) is -0.0255. The van der Waals surface area contributed by atoms with Crippen LogP contribution in [-0.2, 0) is 9.53 Å². The number of ether oxygens (including phenoxy) is 1. The van der Waals surface area contributed by atoms with Crippen LogP contribution in [0.25, 0.3) is 0 Å². The summed E-state index contributed by atoms with van der Waals surface area (Å²) in [5, 5.41) is 0. The predicted octanol–water partition coefficient (Wildman–Crippen LogP) is 1.27. The Hall–Kier alpha value is -0.790. The average molecular weight is 138 g/mol. The van der Waals surface area contributed by atoms with Crippen LogP contribution < -0.4 is 0 Å². The monoisotopic (exact) mass is 138 g/mol. The molecule has 0 saturated carbocycles. The number of esters is 1. The van der Waals surface area contributed by atoms with Crippen molar-refractivity contribution in [1.29, 1.82) is 0 Å². The molecule has 0 aromatic heterocycles. The fraction of sp³-hybridized carbons (Fsp3) is 0.625. The second-order valence-corrected chi connectivity index (χ2v) is 3.34. The van der Waals surface area contributed by atoms with E-state index in [0.717, 1.165) is 12.8 Å². The zero-order chi connectivity index (χ0) is 7.19. The van der Waals surface area contributed by atoms with E-state index in [1.807, 2.05) is 19.1 Å². The molecule has 1 heterocycles. The number of hydrogen-bond acceptors (Lipinski definition) is 2. The summed E-state index contributed by atoms with van der Waals surface area (Å²) in [6, 6.07) is 0. The van der Waals surface area contributed by atoms with E-state index in [1.165, 1.54) is 0 Å². The molecule has 2 nitrogen and oxygen atoms in total. The minimum absolute atomic E-state index is 0.0255. The second kappa shape index (κ2) is 1.62. The summed E-state index contributed by atoms with van der Waals surface area (Å²) in [6.07, 6.45) is 5.82. The summed E-state index contributed by atoms with van der Waals surface area (Å²) in [5.41, 5.74) is -0.195. The molecule has 2 aliphatic rings. The standard InChI is InChI=1S/C8H10O2/c1-8-4-2-3-6(5-8)10-7(8)9/h2-3,6H,4-5H2,1H3. The van der Waals surface area contributed by atoms with Gasteiger partial charge >= 0.3 is 5.97 Å². The van der Waals surface area contributed by atoms with Gasteiger partial charge in [-0.2, -0.15) is 0 Å². The Morgan fingerprint density at radius 1 is 1.80 bits per heavy atom. The van der Waals surface area contributed by atoms with Crippen molar-refractivity contribution in [3.63, 3.8) is 0 Å². The second-order valence-electron chi connectivity index (χ2n) is 3.34. The van der Waals surface area contributed by atoms with Gasteiger partial charge in [-0.25, -0.2) is 0 Å². The molecule has 0 amide bonds. The number of fused-ring (bicyclic) bond motifs is 2. The fourth-order valence-corrected chi connectivity index (χ4v) is 1.60. The van der Waals surface area contributed by atoms with Crippen LogP contribution in [0.3, 0.4) is 0 Å². The lowest BCUT2D eigenvalue weighted by molar-refractivity contribution is -0.146. The van der Waals surface area contributed by atoms with Crippen molar-refractivity contribution in [3.8, 4) is 0 Å². The summed E-state index contributed by atoms with van der Waals surface area (Å²) >= 11 is 0. The summed E-state index contributed by atoms with van der Waals surface area (Å²) in [6.45, 7) is 1.97. The van der Waals surface area contributed by atoms with Gasteiger partial charge in [0.2, 0.25) is 0 Å². The van der Waals surface area contributed by atoms with Crippen LogP contribution in [0.5, 0.6) is 0 Å². The van der Waals surface area contributed by atoms with Crippen LogP contribution >= 0.6 is 0 Å². The SMILES string of the molecule is CC12CC=CC(C1)OC2=O. The van der Waals surface area contributed by atoms with Crippen LogP contribution in [0.15, 0.2) is 12.2 Å². The van der Waals surface area contributed by atoms with Gasteiger partial charge in [0.15, 0.2) is 0 Å². The Balaban J connectivity index is 2.36. The van der Waals surface area contributed by atoms with E-state index in [-0.39, 0.29) is 17.5 Å². The van der Waals surface area contributed by atoms with E-state index in [9.17, 15) is 4.79 Å². The third kappa shape index (κ3) is 0.618. The van der Waals surface area contributed by atoms with Gasteiger partial charge in [-0.15, -0.1) is 0 Å². The quantitative estimate of drug-likeness (QED) is 0.372. The van der Waals surface area contributed by atoms with E-state index < -0.39 is 0 Å². The summed E-state index contributed by atoms with van der Waals surface area (Å²) in [7, 11) is 0. The molecule has 0 radical (unpaired) electrons. The molecule has 1 fully saturated rings. The molecule has 10 heavy (non-hydrogen) atoms. The molecule has 0 N–H and O–H groups in total. The smallest absolute Gasteiger partial charge is 0.312 e. The van der Waals surface area contributed by atoms with E-state index in [2.05, 4.69) is 0 Å². The molecule has 2 unspecified atom stereocenters. The summed E-state index contributed by atoms with van der Waals surface area (Å²) < 4.78 is 5.06. The number of allylic oxidation sites excluding steroid dienone is 1. The Kier molecular flexibility index (Phi) is 0.967. The third-order valence-corrected chi connectivity index (χ3v) is 2.32. The normalized spacial score (nSPS) is 43.7. The first-order valence-corrected chi connectivity index (χ1v) is 3.58. The highest BCUT2D eigenvalue weighted by atomic mass is 16.6. The van der Waals surface area contributed by atoms with Gasteiger partial charge in [0.05, 0.1) is 5.41 Å². The van der Waals surface area contributed by atoms with E-state index >= 15 is 0 Å². The van der Waals surface area contributed by atoms with Crippen LogP contribution in [0.1, 0.15) is 19.8 Å². The van der Waals surface area contributed by atoms with Crippen molar-refractivity contribution >= 4 is 5.97 Å². The largest absolute Gasteiger partial charge is 0.458 e. The fourth-order valence-electron chi connectivity index (χ4n) is 1.60. The third-order valence-electron chi connectivity index (χ3n) is 2.32. The van der Waals surface area contributed by atoms with Crippen LogP contribution in [-0.4, -0.2) is 12.1 Å². The zero-order valence-electron chi connectivity index (χ0n) is 5.96. The highest BCUT2D eigenvalue weighted by molar-refractivity contribution is 5.79. The maximum atomic E-state index is 11.1. The van der Waals surface area contributed by atoms with Crippen molar-refractivity contribution in [3.05, 3.63) is 12.2 Å². The molecule has 2 heteroatoms. The van der Waals surface area contributed by atoms with Gasteiger partial charge in [0, 0.05) is 6.42 Å².